The summed E-state index contributed by atoms with van der Waals surface area (Å²) in [6.07, 6.45) is 1.51. The van der Waals surface area contributed by atoms with Gasteiger partial charge in [0.2, 0.25) is 0 Å². The molecule has 2 aromatic carbocycles. The Bertz CT molecular complexity index is 1080. The first-order chi connectivity index (χ1) is 13.1. The van der Waals surface area contributed by atoms with E-state index in [0.29, 0.717) is 28.2 Å². The molecular formula is C21H13NO4S. The number of carbonyl (C=O) groups is 3. The maximum Gasteiger partial charge on any atom is 0.290 e. The van der Waals surface area contributed by atoms with Gasteiger partial charge in [0.1, 0.15) is 11.5 Å². The Morgan fingerprint density at radius 2 is 1.67 bits per heavy atom. The third-order valence-electron chi connectivity index (χ3n) is 4.02. The molecule has 0 unspecified atom stereocenters. The minimum Gasteiger partial charge on any atom is -0.457 e. The van der Waals surface area contributed by atoms with E-state index in [1.807, 2.05) is 30.3 Å². The zero-order chi connectivity index (χ0) is 18.8. The van der Waals surface area contributed by atoms with E-state index in [4.69, 9.17) is 4.42 Å². The monoisotopic (exact) mass is 375 g/mol. The summed E-state index contributed by atoms with van der Waals surface area (Å²) in [5, 5.41) is 1.79. The first-order valence-corrected chi connectivity index (χ1v) is 8.97. The van der Waals surface area contributed by atoms with Gasteiger partial charge in [-0.1, -0.05) is 54.6 Å². The predicted octanol–water partition coefficient (Wildman–Crippen LogP) is 4.50. The van der Waals surface area contributed by atoms with Crippen LogP contribution in [0.15, 0.2) is 76.1 Å². The van der Waals surface area contributed by atoms with Gasteiger partial charge in [-0.2, -0.15) is 0 Å². The first-order valence-electron chi connectivity index (χ1n) is 8.15. The Morgan fingerprint density at radius 1 is 0.926 bits per heavy atom. The van der Waals surface area contributed by atoms with E-state index in [-0.39, 0.29) is 10.7 Å². The molecule has 3 aromatic rings. The van der Waals surface area contributed by atoms with Gasteiger partial charge in [0.15, 0.2) is 5.78 Å². The van der Waals surface area contributed by atoms with Gasteiger partial charge in [-0.3, -0.25) is 19.7 Å². The van der Waals surface area contributed by atoms with Gasteiger partial charge in [-0.25, -0.2) is 0 Å². The average Bonchev–Trinajstić information content (AvgIpc) is 3.28. The van der Waals surface area contributed by atoms with Crippen LogP contribution in [0.25, 0.3) is 17.4 Å². The average molecular weight is 375 g/mol. The third-order valence-corrected chi connectivity index (χ3v) is 4.83. The lowest BCUT2D eigenvalue weighted by Gasteiger charge is -2.06. The minimum atomic E-state index is -0.442. The van der Waals surface area contributed by atoms with Crippen LogP contribution in [0.5, 0.6) is 0 Å². The Kier molecular flexibility index (Phi) is 4.48. The van der Waals surface area contributed by atoms with Gasteiger partial charge in [-0.05, 0) is 23.9 Å². The van der Waals surface area contributed by atoms with Crippen LogP contribution in [0.3, 0.4) is 0 Å². The molecular weight excluding hydrogens is 362 g/mol. The predicted molar refractivity (Wildman–Crippen MR) is 103 cm³/mol. The quantitative estimate of drug-likeness (QED) is 0.537. The molecule has 0 saturated carbocycles. The molecule has 1 saturated heterocycles. The molecule has 6 heteroatoms. The van der Waals surface area contributed by atoms with Crippen molar-refractivity contribution in [3.8, 4) is 11.3 Å². The number of rotatable bonds is 4. The number of imide groups is 1. The maximum absolute atomic E-state index is 12.9. The normalized spacial score (nSPS) is 15.2. The summed E-state index contributed by atoms with van der Waals surface area (Å²) in [7, 11) is 0. The third kappa shape index (κ3) is 3.47. The molecule has 0 aliphatic carbocycles. The van der Waals surface area contributed by atoms with Crippen LogP contribution in [0.4, 0.5) is 4.79 Å². The number of furan rings is 1. The number of hydrogen-bond donors (Lipinski definition) is 1. The lowest BCUT2D eigenvalue weighted by molar-refractivity contribution is -0.115. The standard InChI is InChI=1S/C21H13NO4S/c23-19(13-6-2-1-3-7-13)16-9-5-4-8-15(16)17-11-10-14(26-17)12-18-20(24)22-21(25)27-18/h1-12H,(H,22,24,25). The van der Waals surface area contributed by atoms with Gasteiger partial charge in [-0.15, -0.1) is 0 Å². The molecule has 0 atom stereocenters. The number of hydrogen-bond acceptors (Lipinski definition) is 5. The second-order valence-corrected chi connectivity index (χ2v) is 6.81. The largest absolute Gasteiger partial charge is 0.457 e. The van der Waals surface area contributed by atoms with Gasteiger partial charge < -0.3 is 4.42 Å². The number of thioether (sulfide) groups is 1. The molecule has 5 nitrogen and oxygen atoms in total. The van der Waals surface area contributed by atoms with Crippen molar-refractivity contribution in [3.05, 3.63) is 88.5 Å². The van der Waals surface area contributed by atoms with Crippen molar-refractivity contribution in [2.24, 2.45) is 0 Å². The van der Waals surface area contributed by atoms with Gasteiger partial charge in [0, 0.05) is 22.8 Å². The summed E-state index contributed by atoms with van der Waals surface area (Å²) in [5.74, 6) is 0.400. The van der Waals surface area contributed by atoms with Crippen molar-refractivity contribution in [2.75, 3.05) is 0 Å². The fourth-order valence-electron chi connectivity index (χ4n) is 2.77. The topological polar surface area (TPSA) is 76.4 Å². The highest BCUT2D eigenvalue weighted by atomic mass is 32.2. The second-order valence-electron chi connectivity index (χ2n) is 5.79. The Morgan fingerprint density at radius 3 is 2.41 bits per heavy atom. The van der Waals surface area contributed by atoms with E-state index < -0.39 is 11.1 Å². The summed E-state index contributed by atoms with van der Waals surface area (Å²) < 4.78 is 5.81. The van der Waals surface area contributed by atoms with E-state index >= 15 is 0 Å². The summed E-state index contributed by atoms with van der Waals surface area (Å²) >= 11 is 0.826. The van der Waals surface area contributed by atoms with Crippen molar-refractivity contribution in [3.63, 3.8) is 0 Å². The molecule has 0 radical (unpaired) electrons. The molecule has 1 N–H and O–H groups in total. The zero-order valence-electron chi connectivity index (χ0n) is 14.0. The Balaban J connectivity index is 1.69. The lowest BCUT2D eigenvalue weighted by atomic mass is 9.97. The van der Waals surface area contributed by atoms with Crippen molar-refractivity contribution >= 4 is 34.8 Å². The Hall–Kier alpha value is -3.38. The van der Waals surface area contributed by atoms with Crippen molar-refractivity contribution in [2.45, 2.75) is 0 Å². The Labute approximate surface area is 159 Å². The van der Waals surface area contributed by atoms with Gasteiger partial charge >= 0.3 is 0 Å². The zero-order valence-corrected chi connectivity index (χ0v) is 14.8. The van der Waals surface area contributed by atoms with E-state index in [0.717, 1.165) is 11.8 Å². The van der Waals surface area contributed by atoms with E-state index in [1.165, 1.54) is 6.08 Å². The highest BCUT2D eigenvalue weighted by molar-refractivity contribution is 8.18. The van der Waals surface area contributed by atoms with Crippen LogP contribution >= 0.6 is 11.8 Å². The number of amides is 2. The minimum absolute atomic E-state index is 0.0983. The van der Waals surface area contributed by atoms with Crippen LogP contribution in [0.1, 0.15) is 21.7 Å². The highest BCUT2D eigenvalue weighted by Gasteiger charge is 2.25. The number of ketones is 1. The molecule has 132 valence electrons. The molecule has 2 heterocycles. The second kappa shape index (κ2) is 7.09. The molecule has 4 rings (SSSR count). The smallest absolute Gasteiger partial charge is 0.290 e. The van der Waals surface area contributed by atoms with E-state index in [2.05, 4.69) is 5.32 Å². The highest BCUT2D eigenvalue weighted by Crippen LogP contribution is 2.30. The van der Waals surface area contributed by atoms with Gasteiger partial charge in [0.05, 0.1) is 4.91 Å². The van der Waals surface area contributed by atoms with Gasteiger partial charge in [0.25, 0.3) is 11.1 Å². The summed E-state index contributed by atoms with van der Waals surface area (Å²) in [6, 6.07) is 19.7. The number of nitrogens with one attached hydrogen (secondary N) is 1. The van der Waals surface area contributed by atoms with E-state index in [1.54, 1.807) is 36.4 Å². The van der Waals surface area contributed by atoms with Crippen LogP contribution in [0.2, 0.25) is 0 Å². The van der Waals surface area contributed by atoms with Crippen LogP contribution in [-0.2, 0) is 4.79 Å². The first kappa shape index (κ1) is 17.1. The van der Waals surface area contributed by atoms with Crippen LogP contribution in [0, 0.1) is 0 Å². The lowest BCUT2D eigenvalue weighted by Crippen LogP contribution is -2.17. The number of carbonyl (C=O) groups excluding carboxylic acids is 3. The molecule has 0 bridgehead atoms. The summed E-state index contributed by atoms with van der Waals surface area (Å²) in [4.78, 5) is 36.0. The number of benzene rings is 2. The summed E-state index contributed by atoms with van der Waals surface area (Å²) in [6.45, 7) is 0. The van der Waals surface area contributed by atoms with Crippen molar-refractivity contribution in [1.82, 2.24) is 5.32 Å². The molecule has 1 aromatic heterocycles. The van der Waals surface area contributed by atoms with E-state index in [9.17, 15) is 14.4 Å². The molecule has 0 spiro atoms. The molecule has 2 amide bonds. The van der Waals surface area contributed by atoms with Crippen molar-refractivity contribution in [1.29, 1.82) is 0 Å². The maximum atomic E-state index is 12.9. The fourth-order valence-corrected chi connectivity index (χ4v) is 3.43. The molecule has 1 aliphatic heterocycles. The van der Waals surface area contributed by atoms with Crippen molar-refractivity contribution < 1.29 is 18.8 Å². The molecule has 1 fully saturated rings. The fraction of sp³-hybridized carbons (Fsp3) is 0. The van der Waals surface area contributed by atoms with Crippen LogP contribution < -0.4 is 5.32 Å². The molecule has 1 aliphatic rings. The van der Waals surface area contributed by atoms with Crippen LogP contribution in [-0.4, -0.2) is 16.9 Å². The summed E-state index contributed by atoms with van der Waals surface area (Å²) in [5.41, 5.74) is 1.78. The SMILES string of the molecule is O=C1NC(=O)C(=Cc2ccc(-c3ccccc3C(=O)c3ccccc3)o2)S1. The molecule has 27 heavy (non-hydrogen) atoms.